The molecular weight excluding hydrogens is 230 g/mol. The second-order valence-electron chi connectivity index (χ2n) is 4.21. The van der Waals surface area contributed by atoms with Crippen molar-refractivity contribution >= 4 is 17.4 Å². The molecule has 0 radical (unpaired) electrons. The van der Waals surface area contributed by atoms with E-state index in [2.05, 4.69) is 34.1 Å². The molecule has 2 aromatic heterocycles. The van der Waals surface area contributed by atoms with E-state index >= 15 is 0 Å². The zero-order valence-electron chi connectivity index (χ0n) is 10.4. The van der Waals surface area contributed by atoms with E-state index in [9.17, 15) is 0 Å². The average Bonchev–Trinajstić information content (AvgIpc) is 2.76. The first-order valence-electron chi connectivity index (χ1n) is 5.95. The lowest BCUT2D eigenvalue weighted by molar-refractivity contribution is 0.641. The van der Waals surface area contributed by atoms with Gasteiger partial charge in [-0.25, -0.2) is 4.98 Å². The number of hydrogen-bond donors (Lipinski definition) is 1. The smallest absolute Gasteiger partial charge is 0.137 e. The van der Waals surface area contributed by atoms with Gasteiger partial charge in [0.15, 0.2) is 0 Å². The van der Waals surface area contributed by atoms with Gasteiger partial charge in [-0.1, -0.05) is 13.0 Å². The molecule has 2 rings (SSSR count). The van der Waals surface area contributed by atoms with Crippen LogP contribution in [0.2, 0.25) is 0 Å². The van der Waals surface area contributed by atoms with Crippen molar-refractivity contribution in [3.63, 3.8) is 0 Å². The summed E-state index contributed by atoms with van der Waals surface area (Å²) in [6, 6.07) is 6.06. The molecule has 2 aromatic rings. The van der Waals surface area contributed by atoms with E-state index in [0.29, 0.717) is 0 Å². The Hall–Kier alpha value is -1.00. The van der Waals surface area contributed by atoms with Crippen molar-refractivity contribution in [3.8, 4) is 0 Å². The standard InChI is InChI=1S/C13H19N3S/c1-11(17-2)6-7-14-9-12-10-16-8-4-3-5-13(16)15-12/h3-5,8,10-11,14H,6-7,9H2,1-2H3. The Labute approximate surface area is 107 Å². The highest BCUT2D eigenvalue weighted by atomic mass is 32.2. The Morgan fingerprint density at radius 1 is 1.47 bits per heavy atom. The van der Waals surface area contributed by atoms with Crippen LogP contribution in [0.5, 0.6) is 0 Å². The van der Waals surface area contributed by atoms with E-state index in [0.717, 1.165) is 29.7 Å². The highest BCUT2D eigenvalue weighted by Crippen LogP contribution is 2.08. The van der Waals surface area contributed by atoms with Crippen LogP contribution in [0.3, 0.4) is 0 Å². The van der Waals surface area contributed by atoms with Gasteiger partial charge in [0.2, 0.25) is 0 Å². The van der Waals surface area contributed by atoms with Crippen molar-refractivity contribution < 1.29 is 0 Å². The van der Waals surface area contributed by atoms with Gasteiger partial charge in [0.25, 0.3) is 0 Å². The van der Waals surface area contributed by atoms with Crippen LogP contribution < -0.4 is 5.32 Å². The van der Waals surface area contributed by atoms with Crippen molar-refractivity contribution in [2.75, 3.05) is 12.8 Å². The van der Waals surface area contributed by atoms with Crippen LogP contribution in [-0.4, -0.2) is 27.4 Å². The molecule has 0 saturated carbocycles. The highest BCUT2D eigenvalue weighted by molar-refractivity contribution is 7.99. The van der Waals surface area contributed by atoms with Crippen molar-refractivity contribution in [3.05, 3.63) is 36.3 Å². The fourth-order valence-electron chi connectivity index (χ4n) is 1.71. The molecule has 0 aliphatic heterocycles. The number of nitrogens with one attached hydrogen (secondary N) is 1. The molecule has 17 heavy (non-hydrogen) atoms. The van der Waals surface area contributed by atoms with E-state index in [1.165, 1.54) is 6.42 Å². The Morgan fingerprint density at radius 3 is 3.12 bits per heavy atom. The third kappa shape index (κ3) is 3.48. The van der Waals surface area contributed by atoms with Crippen LogP contribution in [0.4, 0.5) is 0 Å². The van der Waals surface area contributed by atoms with Crippen LogP contribution >= 0.6 is 11.8 Å². The van der Waals surface area contributed by atoms with Gasteiger partial charge in [-0.05, 0) is 31.4 Å². The minimum Gasteiger partial charge on any atom is -0.311 e. The average molecular weight is 249 g/mol. The van der Waals surface area contributed by atoms with E-state index in [1.54, 1.807) is 0 Å². The molecule has 0 bridgehead atoms. The Balaban J connectivity index is 1.83. The number of nitrogens with zero attached hydrogens (tertiary/aromatic N) is 2. The zero-order valence-corrected chi connectivity index (χ0v) is 11.2. The predicted octanol–water partition coefficient (Wildman–Crippen LogP) is 2.57. The topological polar surface area (TPSA) is 29.3 Å². The fraction of sp³-hybridized carbons (Fsp3) is 0.462. The van der Waals surface area contributed by atoms with Crippen LogP contribution in [0.15, 0.2) is 30.6 Å². The molecule has 1 N–H and O–H groups in total. The van der Waals surface area contributed by atoms with E-state index in [4.69, 9.17) is 0 Å². The van der Waals surface area contributed by atoms with Gasteiger partial charge in [-0.3, -0.25) is 0 Å². The number of rotatable bonds is 6. The maximum absolute atomic E-state index is 4.54. The second kappa shape index (κ2) is 6.07. The number of pyridine rings is 1. The largest absolute Gasteiger partial charge is 0.311 e. The van der Waals surface area contributed by atoms with E-state index in [-0.39, 0.29) is 0 Å². The molecule has 0 spiro atoms. The van der Waals surface area contributed by atoms with Gasteiger partial charge in [0, 0.05) is 24.2 Å². The summed E-state index contributed by atoms with van der Waals surface area (Å²) in [5, 5.41) is 4.16. The Morgan fingerprint density at radius 2 is 2.35 bits per heavy atom. The minimum absolute atomic E-state index is 0.726. The van der Waals surface area contributed by atoms with Gasteiger partial charge in [0.05, 0.1) is 5.69 Å². The SMILES string of the molecule is CSC(C)CCNCc1cn2ccccc2n1. The minimum atomic E-state index is 0.726. The molecule has 0 saturated heterocycles. The molecule has 92 valence electrons. The van der Waals surface area contributed by atoms with Gasteiger partial charge < -0.3 is 9.72 Å². The molecule has 0 fully saturated rings. The van der Waals surface area contributed by atoms with Gasteiger partial charge in [-0.15, -0.1) is 0 Å². The first kappa shape index (κ1) is 12.5. The van der Waals surface area contributed by atoms with Crippen molar-refractivity contribution in [1.82, 2.24) is 14.7 Å². The molecule has 0 aliphatic carbocycles. The summed E-state index contributed by atoms with van der Waals surface area (Å²) in [5.41, 5.74) is 2.12. The summed E-state index contributed by atoms with van der Waals surface area (Å²) in [7, 11) is 0. The van der Waals surface area contributed by atoms with Crippen molar-refractivity contribution in [2.45, 2.75) is 25.1 Å². The fourth-order valence-corrected chi connectivity index (χ4v) is 2.07. The molecule has 0 aromatic carbocycles. The highest BCUT2D eigenvalue weighted by Gasteiger charge is 2.01. The molecule has 1 atom stereocenters. The molecular formula is C13H19N3S. The summed E-state index contributed by atoms with van der Waals surface area (Å²) in [4.78, 5) is 4.54. The number of imidazole rings is 1. The lowest BCUT2D eigenvalue weighted by atomic mass is 10.3. The van der Waals surface area contributed by atoms with Crippen LogP contribution in [-0.2, 0) is 6.54 Å². The third-order valence-electron chi connectivity index (χ3n) is 2.85. The number of aromatic nitrogens is 2. The third-order valence-corrected chi connectivity index (χ3v) is 3.89. The van der Waals surface area contributed by atoms with Crippen molar-refractivity contribution in [1.29, 1.82) is 0 Å². The molecule has 2 heterocycles. The molecule has 0 aliphatic rings. The molecule has 3 nitrogen and oxygen atoms in total. The van der Waals surface area contributed by atoms with Gasteiger partial charge in [0.1, 0.15) is 5.65 Å². The monoisotopic (exact) mass is 249 g/mol. The second-order valence-corrected chi connectivity index (χ2v) is 5.49. The van der Waals surface area contributed by atoms with E-state index in [1.807, 2.05) is 36.2 Å². The summed E-state index contributed by atoms with van der Waals surface area (Å²) in [6.45, 7) is 4.16. The molecule has 0 amide bonds. The van der Waals surface area contributed by atoms with Gasteiger partial charge in [-0.2, -0.15) is 11.8 Å². The lowest BCUT2D eigenvalue weighted by Crippen LogP contribution is -2.17. The van der Waals surface area contributed by atoms with E-state index < -0.39 is 0 Å². The quantitative estimate of drug-likeness (QED) is 0.798. The zero-order chi connectivity index (χ0) is 12.1. The number of hydrogen-bond acceptors (Lipinski definition) is 3. The van der Waals surface area contributed by atoms with Gasteiger partial charge >= 0.3 is 0 Å². The van der Waals surface area contributed by atoms with Crippen molar-refractivity contribution in [2.24, 2.45) is 0 Å². The van der Waals surface area contributed by atoms with Crippen LogP contribution in [0.25, 0.3) is 5.65 Å². The summed E-state index contributed by atoms with van der Waals surface area (Å²) in [5.74, 6) is 0. The Kier molecular flexibility index (Phi) is 4.45. The first-order valence-corrected chi connectivity index (χ1v) is 7.24. The lowest BCUT2D eigenvalue weighted by Gasteiger charge is -2.07. The summed E-state index contributed by atoms with van der Waals surface area (Å²) >= 11 is 1.92. The first-order chi connectivity index (χ1) is 8.29. The maximum atomic E-state index is 4.54. The number of thioether (sulfide) groups is 1. The van der Waals surface area contributed by atoms with Crippen LogP contribution in [0, 0.1) is 0 Å². The molecule has 1 unspecified atom stereocenters. The summed E-state index contributed by atoms with van der Waals surface area (Å²) < 4.78 is 2.06. The Bertz CT molecular complexity index is 433. The normalized spacial score (nSPS) is 13.1. The molecule has 4 heteroatoms. The maximum Gasteiger partial charge on any atom is 0.137 e. The van der Waals surface area contributed by atoms with Crippen LogP contribution in [0.1, 0.15) is 19.0 Å². The number of fused-ring (bicyclic) bond motifs is 1. The predicted molar refractivity (Wildman–Crippen MR) is 74.5 cm³/mol. The summed E-state index contributed by atoms with van der Waals surface area (Å²) in [6.07, 6.45) is 7.48.